The Bertz CT molecular complexity index is 617. The van der Waals surface area contributed by atoms with Crippen LogP contribution in [0.1, 0.15) is 17.3 Å². The minimum atomic E-state index is -0.448. The number of thioether (sulfide) groups is 1. The number of aromatic nitrogens is 3. The Kier molecular flexibility index (Phi) is 5.21. The molecule has 2 rings (SSSR count). The van der Waals surface area contributed by atoms with E-state index in [0.29, 0.717) is 22.9 Å². The van der Waals surface area contributed by atoms with Crippen LogP contribution in [0.25, 0.3) is 0 Å². The number of nitrogens with two attached hydrogens (primary N) is 1. The van der Waals surface area contributed by atoms with Gasteiger partial charge in [0.2, 0.25) is 0 Å². The van der Waals surface area contributed by atoms with E-state index in [1.807, 2.05) is 6.26 Å². The van der Waals surface area contributed by atoms with Gasteiger partial charge in [0.15, 0.2) is 8.68 Å². The zero-order chi connectivity index (χ0) is 14.5. The third-order valence-corrected chi connectivity index (χ3v) is 5.04. The standard InChI is InChI=1S/C11H12N4O2S3/c1-3-17-9(16)6-4-8(13-5-7(6)12)19-11-15-14-10(18-2)20-11/h4-5H,3,12H2,1-2H3. The molecule has 0 atom stereocenters. The van der Waals surface area contributed by atoms with E-state index in [1.165, 1.54) is 41.1 Å². The molecule has 0 radical (unpaired) electrons. The van der Waals surface area contributed by atoms with Gasteiger partial charge in [0.25, 0.3) is 0 Å². The van der Waals surface area contributed by atoms with Crippen molar-refractivity contribution >= 4 is 46.5 Å². The van der Waals surface area contributed by atoms with Crippen LogP contribution in [0.3, 0.4) is 0 Å². The Morgan fingerprint density at radius 1 is 1.45 bits per heavy atom. The fourth-order valence-electron chi connectivity index (χ4n) is 1.30. The topological polar surface area (TPSA) is 91.0 Å². The van der Waals surface area contributed by atoms with Crippen molar-refractivity contribution in [2.45, 2.75) is 20.6 Å². The number of hydrogen-bond acceptors (Lipinski definition) is 9. The zero-order valence-corrected chi connectivity index (χ0v) is 13.3. The largest absolute Gasteiger partial charge is 0.462 e. The Hall–Kier alpha value is -1.32. The van der Waals surface area contributed by atoms with Crippen molar-refractivity contribution < 1.29 is 9.53 Å². The molecule has 2 N–H and O–H groups in total. The van der Waals surface area contributed by atoms with Gasteiger partial charge in [-0.15, -0.1) is 10.2 Å². The van der Waals surface area contributed by atoms with Crippen molar-refractivity contribution in [3.63, 3.8) is 0 Å². The number of nitrogen functional groups attached to an aromatic ring is 1. The monoisotopic (exact) mass is 328 g/mol. The number of nitrogens with zero attached hydrogens (tertiary/aromatic N) is 3. The molecule has 6 nitrogen and oxygen atoms in total. The lowest BCUT2D eigenvalue weighted by Gasteiger charge is -2.06. The van der Waals surface area contributed by atoms with Crippen molar-refractivity contribution in [3.8, 4) is 0 Å². The summed E-state index contributed by atoms with van der Waals surface area (Å²) < 4.78 is 6.60. The highest BCUT2D eigenvalue weighted by Gasteiger charge is 2.14. The summed E-state index contributed by atoms with van der Waals surface area (Å²) in [5, 5.41) is 8.67. The number of ether oxygens (including phenoxy) is 1. The summed E-state index contributed by atoms with van der Waals surface area (Å²) >= 11 is 4.35. The number of esters is 1. The van der Waals surface area contributed by atoms with Crippen LogP contribution in [0.15, 0.2) is 26.0 Å². The van der Waals surface area contributed by atoms with Crippen LogP contribution in [-0.4, -0.2) is 34.0 Å². The maximum atomic E-state index is 11.8. The molecule has 20 heavy (non-hydrogen) atoms. The number of anilines is 1. The molecule has 0 saturated carbocycles. The lowest BCUT2D eigenvalue weighted by molar-refractivity contribution is 0.0527. The second-order valence-electron chi connectivity index (χ2n) is 3.47. The van der Waals surface area contributed by atoms with Crippen LogP contribution >= 0.6 is 34.9 Å². The van der Waals surface area contributed by atoms with Gasteiger partial charge < -0.3 is 10.5 Å². The molecule has 106 valence electrons. The van der Waals surface area contributed by atoms with E-state index in [9.17, 15) is 4.79 Å². The maximum absolute atomic E-state index is 11.8. The molecular formula is C11H12N4O2S3. The Balaban J connectivity index is 2.20. The predicted molar refractivity (Wildman–Crippen MR) is 80.4 cm³/mol. The first-order chi connectivity index (χ1) is 9.63. The van der Waals surface area contributed by atoms with E-state index in [4.69, 9.17) is 10.5 Å². The first-order valence-electron chi connectivity index (χ1n) is 5.62. The normalized spacial score (nSPS) is 10.5. The second-order valence-corrected chi connectivity index (χ2v) is 6.77. The Morgan fingerprint density at radius 2 is 2.20 bits per heavy atom. The van der Waals surface area contributed by atoms with E-state index >= 15 is 0 Å². The molecule has 0 unspecified atom stereocenters. The summed E-state index contributed by atoms with van der Waals surface area (Å²) in [6.07, 6.45) is 3.39. The summed E-state index contributed by atoms with van der Waals surface area (Å²) in [7, 11) is 0. The van der Waals surface area contributed by atoms with Gasteiger partial charge in [-0.1, -0.05) is 23.1 Å². The summed E-state index contributed by atoms with van der Waals surface area (Å²) in [5.41, 5.74) is 6.36. The fraction of sp³-hybridized carbons (Fsp3) is 0.273. The highest BCUT2D eigenvalue weighted by Crippen LogP contribution is 2.32. The van der Waals surface area contributed by atoms with Gasteiger partial charge >= 0.3 is 5.97 Å². The molecule has 2 aromatic heterocycles. The number of hydrogen-bond donors (Lipinski definition) is 1. The van der Waals surface area contributed by atoms with Crippen LogP contribution in [0, 0.1) is 0 Å². The van der Waals surface area contributed by atoms with Crippen molar-refractivity contribution in [3.05, 3.63) is 17.8 Å². The fourth-order valence-corrected chi connectivity index (χ4v) is 3.66. The molecule has 0 fully saturated rings. The van der Waals surface area contributed by atoms with Gasteiger partial charge in [0.05, 0.1) is 24.1 Å². The quantitative estimate of drug-likeness (QED) is 0.661. The van der Waals surface area contributed by atoms with Crippen molar-refractivity contribution in [2.75, 3.05) is 18.6 Å². The highest BCUT2D eigenvalue weighted by molar-refractivity contribution is 8.02. The van der Waals surface area contributed by atoms with Crippen LogP contribution < -0.4 is 5.73 Å². The molecule has 0 amide bonds. The zero-order valence-electron chi connectivity index (χ0n) is 10.8. The van der Waals surface area contributed by atoms with Gasteiger partial charge in [-0.25, -0.2) is 9.78 Å². The number of carbonyl (C=O) groups excluding carboxylic acids is 1. The van der Waals surface area contributed by atoms with Crippen LogP contribution in [0.5, 0.6) is 0 Å². The molecule has 2 heterocycles. The summed E-state index contributed by atoms with van der Waals surface area (Å²) in [5.74, 6) is -0.448. The lowest BCUT2D eigenvalue weighted by Crippen LogP contribution is -2.08. The molecule has 9 heteroatoms. The van der Waals surface area contributed by atoms with E-state index in [2.05, 4.69) is 15.2 Å². The van der Waals surface area contributed by atoms with Crippen LogP contribution in [-0.2, 0) is 4.74 Å². The van der Waals surface area contributed by atoms with E-state index in [-0.39, 0.29) is 0 Å². The minimum absolute atomic E-state index is 0.301. The molecule has 0 bridgehead atoms. The summed E-state index contributed by atoms with van der Waals surface area (Å²) in [4.78, 5) is 15.9. The lowest BCUT2D eigenvalue weighted by atomic mass is 10.2. The van der Waals surface area contributed by atoms with Gasteiger partial charge in [0.1, 0.15) is 5.03 Å². The number of carbonyl (C=O) groups is 1. The average Bonchev–Trinajstić information content (AvgIpc) is 2.89. The Morgan fingerprint density at radius 3 is 2.85 bits per heavy atom. The van der Waals surface area contributed by atoms with Crippen molar-refractivity contribution in [1.29, 1.82) is 0 Å². The smallest absolute Gasteiger partial charge is 0.340 e. The first-order valence-corrected chi connectivity index (χ1v) is 8.47. The molecular weight excluding hydrogens is 316 g/mol. The predicted octanol–water partition coefficient (Wildman–Crippen LogP) is 2.57. The molecule has 0 aliphatic rings. The van der Waals surface area contributed by atoms with Gasteiger partial charge in [-0.3, -0.25) is 0 Å². The Labute approximate surface area is 128 Å². The highest BCUT2D eigenvalue weighted by atomic mass is 32.2. The summed E-state index contributed by atoms with van der Waals surface area (Å²) in [6.45, 7) is 2.05. The molecule has 0 aliphatic carbocycles. The number of rotatable bonds is 5. The van der Waals surface area contributed by atoms with Crippen molar-refractivity contribution in [1.82, 2.24) is 15.2 Å². The maximum Gasteiger partial charge on any atom is 0.340 e. The second kappa shape index (κ2) is 6.91. The van der Waals surface area contributed by atoms with Gasteiger partial charge in [0, 0.05) is 0 Å². The third kappa shape index (κ3) is 3.62. The van der Waals surface area contributed by atoms with E-state index < -0.39 is 5.97 Å². The van der Waals surface area contributed by atoms with Gasteiger partial charge in [-0.05, 0) is 31.0 Å². The van der Waals surface area contributed by atoms with Crippen LogP contribution in [0.4, 0.5) is 5.69 Å². The van der Waals surface area contributed by atoms with E-state index in [0.717, 1.165) is 8.68 Å². The first kappa shape index (κ1) is 15.1. The number of pyridine rings is 1. The minimum Gasteiger partial charge on any atom is -0.462 e. The SMILES string of the molecule is CCOC(=O)c1cc(Sc2nnc(SC)s2)ncc1N. The van der Waals surface area contributed by atoms with Gasteiger partial charge in [-0.2, -0.15) is 0 Å². The van der Waals surface area contributed by atoms with E-state index in [1.54, 1.807) is 13.0 Å². The summed E-state index contributed by atoms with van der Waals surface area (Å²) in [6, 6.07) is 1.61. The molecule has 0 spiro atoms. The van der Waals surface area contributed by atoms with Crippen LogP contribution in [0.2, 0.25) is 0 Å². The molecule has 0 aliphatic heterocycles. The van der Waals surface area contributed by atoms with Crippen molar-refractivity contribution in [2.24, 2.45) is 0 Å². The average molecular weight is 328 g/mol. The molecule has 0 aromatic carbocycles. The molecule has 0 saturated heterocycles. The molecule has 2 aromatic rings. The third-order valence-electron chi connectivity index (χ3n) is 2.16.